The van der Waals surface area contributed by atoms with Crippen LogP contribution in [0.25, 0.3) is 0 Å². The fourth-order valence-corrected chi connectivity index (χ4v) is 4.10. The van der Waals surface area contributed by atoms with Crippen molar-refractivity contribution in [1.82, 2.24) is 0 Å². The van der Waals surface area contributed by atoms with Crippen molar-refractivity contribution in [1.29, 1.82) is 0 Å². The minimum Gasteiger partial charge on any atom is -0.494 e. The molecule has 1 aliphatic rings. The van der Waals surface area contributed by atoms with Gasteiger partial charge in [-0.15, -0.1) is 0 Å². The second-order valence-electron chi connectivity index (χ2n) is 7.52. The van der Waals surface area contributed by atoms with Crippen LogP contribution in [-0.4, -0.2) is 31.1 Å². The molecule has 0 atom stereocenters. The quantitative estimate of drug-likeness (QED) is 0.636. The highest BCUT2D eigenvalue weighted by Crippen LogP contribution is 2.36. The van der Waals surface area contributed by atoms with E-state index < -0.39 is 0 Å². The van der Waals surface area contributed by atoms with E-state index in [0.717, 1.165) is 24.2 Å². The van der Waals surface area contributed by atoms with Crippen molar-refractivity contribution in [3.8, 4) is 5.75 Å². The Labute approximate surface area is 132 Å². The molecule has 1 aliphatic carbocycles. The Morgan fingerprint density at radius 1 is 1.00 bits per heavy atom. The fraction of sp³-hybridized carbons (Fsp3) is 0.684. The van der Waals surface area contributed by atoms with Gasteiger partial charge in [0.25, 0.3) is 0 Å². The number of rotatable bonds is 6. The summed E-state index contributed by atoms with van der Waals surface area (Å²) in [6.45, 7) is 3.23. The largest absolute Gasteiger partial charge is 0.494 e. The van der Waals surface area contributed by atoms with E-state index in [0.29, 0.717) is 0 Å². The minimum atomic E-state index is -0.384. The summed E-state index contributed by atoms with van der Waals surface area (Å²) in [4.78, 5) is 0. The summed E-state index contributed by atoms with van der Waals surface area (Å²) in [5.74, 6) is 4.03. The van der Waals surface area contributed by atoms with Crippen LogP contribution in [0.4, 0.5) is 0 Å². The minimum absolute atomic E-state index is 0.384. The van der Waals surface area contributed by atoms with Crippen LogP contribution in [0.15, 0.2) is 24.3 Å². The normalized spacial score (nSPS) is 23.8. The first-order chi connectivity index (χ1) is 9.94. The number of benzene rings is 1. The lowest BCUT2D eigenvalue weighted by molar-refractivity contribution is 0.317. The summed E-state index contributed by atoms with van der Waals surface area (Å²) in [6.07, 6.45) is 13.8. The molecule has 1 fully saturated rings. The maximum atomic E-state index is 5.87. The molecule has 0 unspecified atom stereocenters. The van der Waals surface area contributed by atoms with Crippen molar-refractivity contribution >= 4 is 10.0 Å². The second-order valence-corrected chi connectivity index (χ2v) is 12.1. The Morgan fingerprint density at radius 3 is 2.19 bits per heavy atom. The molecule has 0 aromatic heterocycles. The second kappa shape index (κ2) is 7.58. The number of hydrogen-bond donors (Lipinski definition) is 0. The van der Waals surface area contributed by atoms with Crippen LogP contribution in [0.5, 0.6) is 5.75 Å². The van der Waals surface area contributed by atoms with Crippen LogP contribution in [0.2, 0.25) is 0 Å². The van der Waals surface area contributed by atoms with Gasteiger partial charge in [0.05, 0.1) is 6.61 Å². The topological polar surface area (TPSA) is 9.23 Å². The van der Waals surface area contributed by atoms with Gasteiger partial charge in [0.15, 0.2) is 0 Å². The lowest BCUT2D eigenvalue weighted by Gasteiger charge is -2.26. The molecule has 120 valence electrons. The summed E-state index contributed by atoms with van der Waals surface area (Å²) in [5, 5.41) is 0. The zero-order valence-electron chi connectivity index (χ0n) is 14.2. The van der Waals surface area contributed by atoms with E-state index in [1.165, 1.54) is 43.4 Å². The van der Waals surface area contributed by atoms with E-state index in [2.05, 4.69) is 50.0 Å². The van der Waals surface area contributed by atoms with Crippen LogP contribution >= 0.6 is 10.0 Å². The smallest absolute Gasteiger partial charge is 0.119 e. The lowest BCUT2D eigenvalue weighted by Crippen LogP contribution is -2.10. The number of ether oxygens (including phenoxy) is 1. The summed E-state index contributed by atoms with van der Waals surface area (Å²) < 4.78 is 5.87. The van der Waals surface area contributed by atoms with E-state index in [9.17, 15) is 0 Å². The zero-order chi connectivity index (χ0) is 15.3. The first-order valence-electron chi connectivity index (χ1n) is 8.33. The van der Waals surface area contributed by atoms with Gasteiger partial charge in [-0.25, -0.2) is 10.0 Å². The molecule has 0 aliphatic heterocycles. The molecule has 0 spiro atoms. The molecule has 1 aromatic rings. The molecule has 0 radical (unpaired) electrons. The maximum absolute atomic E-state index is 5.87. The molecule has 1 nitrogen and oxygen atoms in total. The summed E-state index contributed by atoms with van der Waals surface area (Å²) in [7, 11) is -0.384. The van der Waals surface area contributed by atoms with Crippen molar-refractivity contribution in [3.05, 3.63) is 29.8 Å². The third kappa shape index (κ3) is 5.94. The first-order valence-corrected chi connectivity index (χ1v) is 11.4. The van der Waals surface area contributed by atoms with E-state index >= 15 is 0 Å². The SMILES string of the molecule is CC1CCC(c2ccc(OCCCS(C)(C)C)cc2)CC1. The van der Waals surface area contributed by atoms with Gasteiger partial charge >= 0.3 is 0 Å². The van der Waals surface area contributed by atoms with E-state index in [1.54, 1.807) is 0 Å². The van der Waals surface area contributed by atoms with E-state index in [-0.39, 0.29) is 10.0 Å². The lowest BCUT2D eigenvalue weighted by atomic mass is 9.79. The van der Waals surface area contributed by atoms with Gasteiger partial charge in [0.1, 0.15) is 5.75 Å². The van der Waals surface area contributed by atoms with Gasteiger partial charge in [-0.05, 0) is 73.3 Å². The van der Waals surface area contributed by atoms with Gasteiger partial charge in [-0.2, -0.15) is 0 Å². The average molecular weight is 309 g/mol. The molecule has 21 heavy (non-hydrogen) atoms. The summed E-state index contributed by atoms with van der Waals surface area (Å²) >= 11 is 0. The molecule has 1 saturated carbocycles. The van der Waals surface area contributed by atoms with Crippen molar-refractivity contribution in [2.45, 2.75) is 44.9 Å². The van der Waals surface area contributed by atoms with Gasteiger partial charge in [0.2, 0.25) is 0 Å². The summed E-state index contributed by atoms with van der Waals surface area (Å²) in [5.41, 5.74) is 1.51. The molecule has 0 N–H and O–H groups in total. The Morgan fingerprint density at radius 2 is 1.62 bits per heavy atom. The zero-order valence-corrected chi connectivity index (χ0v) is 15.0. The molecule has 0 heterocycles. The van der Waals surface area contributed by atoms with Crippen molar-refractivity contribution < 1.29 is 4.74 Å². The molecular weight excluding hydrogens is 276 g/mol. The third-order valence-electron chi connectivity index (χ3n) is 4.54. The Bertz CT molecular complexity index is 410. The molecule has 2 heteroatoms. The average Bonchev–Trinajstić information content (AvgIpc) is 2.44. The molecule has 0 saturated heterocycles. The highest BCUT2D eigenvalue weighted by atomic mass is 32.3. The predicted molar refractivity (Wildman–Crippen MR) is 97.2 cm³/mol. The van der Waals surface area contributed by atoms with Gasteiger partial charge < -0.3 is 4.74 Å². The number of hydrogen-bond acceptors (Lipinski definition) is 1. The van der Waals surface area contributed by atoms with Crippen LogP contribution in [0.1, 0.15) is 50.5 Å². The van der Waals surface area contributed by atoms with Crippen LogP contribution in [0.3, 0.4) is 0 Å². The van der Waals surface area contributed by atoms with Crippen molar-refractivity contribution in [2.75, 3.05) is 31.1 Å². The fourth-order valence-electron chi connectivity index (χ4n) is 3.11. The van der Waals surface area contributed by atoms with Gasteiger partial charge in [-0.1, -0.05) is 31.9 Å². The Balaban J connectivity index is 1.77. The standard InChI is InChI=1S/C19H32OS/c1-16-6-8-17(9-7-16)18-10-12-19(13-11-18)20-14-5-15-21(2,3)4/h10-13,16-17H,5-9,14-15H2,1-4H3. The maximum Gasteiger partial charge on any atom is 0.119 e. The molecule has 2 rings (SSSR count). The van der Waals surface area contributed by atoms with Crippen LogP contribution < -0.4 is 4.74 Å². The van der Waals surface area contributed by atoms with Gasteiger partial charge in [0, 0.05) is 0 Å². The monoisotopic (exact) mass is 308 g/mol. The predicted octanol–water partition coefficient (Wildman–Crippen LogP) is 5.44. The molecule has 1 aromatic carbocycles. The first kappa shape index (κ1) is 16.7. The molecular formula is C19H32OS. The van der Waals surface area contributed by atoms with Gasteiger partial charge in [-0.3, -0.25) is 0 Å². The molecule has 0 amide bonds. The Kier molecular flexibility index (Phi) is 6.04. The van der Waals surface area contributed by atoms with Crippen LogP contribution in [-0.2, 0) is 0 Å². The van der Waals surface area contributed by atoms with Crippen molar-refractivity contribution in [2.24, 2.45) is 5.92 Å². The van der Waals surface area contributed by atoms with E-state index in [4.69, 9.17) is 4.74 Å². The van der Waals surface area contributed by atoms with Crippen LogP contribution in [0, 0.1) is 5.92 Å². The molecule has 0 bridgehead atoms. The highest BCUT2D eigenvalue weighted by molar-refractivity contribution is 8.32. The summed E-state index contributed by atoms with van der Waals surface area (Å²) in [6, 6.07) is 8.89. The Hall–Kier alpha value is -0.630. The highest BCUT2D eigenvalue weighted by Gasteiger charge is 2.19. The third-order valence-corrected chi connectivity index (χ3v) is 6.05. The van der Waals surface area contributed by atoms with E-state index in [1.807, 2.05) is 0 Å². The van der Waals surface area contributed by atoms with Crippen molar-refractivity contribution in [3.63, 3.8) is 0 Å².